The van der Waals surface area contributed by atoms with Crippen LogP contribution in [0, 0.1) is 12.3 Å². The molecule has 0 aromatic rings. The van der Waals surface area contributed by atoms with E-state index in [-0.39, 0.29) is 13.0 Å². The Morgan fingerprint density at radius 1 is 1.31 bits per heavy atom. The molecule has 16 heavy (non-hydrogen) atoms. The number of rotatable bonds is 6. The number of carboxylic acid groups (broad SMARTS) is 1. The minimum atomic E-state index is -1.16. The molecule has 0 saturated heterocycles. The molecule has 0 fully saturated rings. The predicted molar refractivity (Wildman–Crippen MR) is 55.1 cm³/mol. The van der Waals surface area contributed by atoms with E-state index in [1.165, 1.54) is 0 Å². The number of hydrogen-bond acceptors (Lipinski definition) is 4. The molecule has 88 valence electrons. The first kappa shape index (κ1) is 13.9. The maximum atomic E-state index is 11.1. The van der Waals surface area contributed by atoms with Gasteiger partial charge in [0.2, 0.25) is 11.8 Å². The monoisotopic (exact) mass is 227 g/mol. The minimum absolute atomic E-state index is 0.0720. The maximum absolute atomic E-state index is 11.1. The Bertz CT molecular complexity index is 321. The summed E-state index contributed by atoms with van der Waals surface area (Å²) in [6.07, 6.45) is 5.02. The summed E-state index contributed by atoms with van der Waals surface area (Å²) in [6, 6.07) is -0.864. The summed E-state index contributed by atoms with van der Waals surface area (Å²) in [4.78, 5) is 32.2. The number of aliphatic carboxylic acids is 1. The van der Waals surface area contributed by atoms with Gasteiger partial charge in [0, 0.05) is 6.42 Å². The number of carboxylic acids is 1. The molecule has 7 heteroatoms. The van der Waals surface area contributed by atoms with E-state index in [1.54, 1.807) is 0 Å². The van der Waals surface area contributed by atoms with Gasteiger partial charge in [-0.05, 0) is 0 Å². The van der Waals surface area contributed by atoms with Crippen LogP contribution in [0.4, 0.5) is 0 Å². The molecule has 1 unspecified atom stereocenters. The number of hydrogen-bond donors (Lipinski definition) is 4. The van der Waals surface area contributed by atoms with Crippen molar-refractivity contribution in [2.75, 3.05) is 13.1 Å². The van der Waals surface area contributed by atoms with Crippen molar-refractivity contribution in [2.45, 2.75) is 12.5 Å². The second-order valence-electron chi connectivity index (χ2n) is 2.90. The van der Waals surface area contributed by atoms with Gasteiger partial charge < -0.3 is 21.5 Å². The van der Waals surface area contributed by atoms with Crippen LogP contribution < -0.4 is 16.4 Å². The predicted octanol–water partition coefficient (Wildman–Crippen LogP) is -2.35. The van der Waals surface area contributed by atoms with Crippen molar-refractivity contribution in [3.63, 3.8) is 0 Å². The van der Waals surface area contributed by atoms with E-state index in [9.17, 15) is 14.4 Å². The average molecular weight is 227 g/mol. The highest BCUT2D eigenvalue weighted by Gasteiger charge is 2.13. The van der Waals surface area contributed by atoms with E-state index in [4.69, 9.17) is 17.3 Å². The summed E-state index contributed by atoms with van der Waals surface area (Å²) >= 11 is 0. The number of carbonyl (C=O) groups is 3. The highest BCUT2D eigenvalue weighted by Crippen LogP contribution is 1.84. The third kappa shape index (κ3) is 6.39. The first-order valence-corrected chi connectivity index (χ1v) is 4.42. The van der Waals surface area contributed by atoms with Crippen LogP contribution in [0.3, 0.4) is 0 Å². The third-order valence-electron chi connectivity index (χ3n) is 1.53. The van der Waals surface area contributed by atoms with Crippen molar-refractivity contribution in [2.24, 2.45) is 5.73 Å². The maximum Gasteiger partial charge on any atom is 0.322 e. The molecule has 0 spiro atoms. The van der Waals surface area contributed by atoms with Gasteiger partial charge in [0.15, 0.2) is 0 Å². The molecule has 0 aliphatic heterocycles. The zero-order valence-corrected chi connectivity index (χ0v) is 8.53. The topological polar surface area (TPSA) is 122 Å². The molecule has 5 N–H and O–H groups in total. The van der Waals surface area contributed by atoms with Gasteiger partial charge in [-0.2, -0.15) is 0 Å². The Balaban J connectivity index is 3.80. The Hall–Kier alpha value is -2.07. The van der Waals surface area contributed by atoms with Crippen LogP contribution in [-0.2, 0) is 14.4 Å². The van der Waals surface area contributed by atoms with E-state index < -0.39 is 30.4 Å². The Morgan fingerprint density at radius 2 is 1.94 bits per heavy atom. The molecule has 0 aromatic heterocycles. The largest absolute Gasteiger partial charge is 0.480 e. The van der Waals surface area contributed by atoms with Gasteiger partial charge in [0.25, 0.3) is 0 Å². The summed E-state index contributed by atoms with van der Waals surface area (Å²) in [5.41, 5.74) is 5.36. The van der Waals surface area contributed by atoms with Gasteiger partial charge in [0.05, 0.1) is 12.6 Å². The normalized spacial score (nSPS) is 11.0. The molecule has 0 heterocycles. The van der Waals surface area contributed by atoms with Crippen molar-refractivity contribution in [1.82, 2.24) is 10.6 Å². The van der Waals surface area contributed by atoms with E-state index in [2.05, 4.69) is 16.6 Å². The molecule has 7 nitrogen and oxygen atoms in total. The van der Waals surface area contributed by atoms with Crippen molar-refractivity contribution in [3.05, 3.63) is 0 Å². The lowest BCUT2D eigenvalue weighted by molar-refractivity contribution is -0.137. The first-order chi connectivity index (χ1) is 7.47. The summed E-state index contributed by atoms with van der Waals surface area (Å²) in [7, 11) is 0. The first-order valence-electron chi connectivity index (χ1n) is 4.42. The minimum Gasteiger partial charge on any atom is -0.480 e. The lowest BCUT2D eigenvalue weighted by atomic mass is 10.2. The molecule has 0 aromatic carbocycles. The molecule has 0 saturated carbocycles. The number of amides is 2. The van der Waals surface area contributed by atoms with E-state index in [0.717, 1.165) is 0 Å². The lowest BCUT2D eigenvalue weighted by Gasteiger charge is -2.09. The number of nitrogens with one attached hydrogen (secondary N) is 2. The zero-order chi connectivity index (χ0) is 12.6. The molecule has 0 bridgehead atoms. The molecule has 0 aliphatic rings. The van der Waals surface area contributed by atoms with Crippen LogP contribution >= 0.6 is 0 Å². The number of terminal acetylenes is 1. The van der Waals surface area contributed by atoms with Gasteiger partial charge in [-0.25, -0.2) is 0 Å². The fraction of sp³-hybridized carbons (Fsp3) is 0.444. The smallest absolute Gasteiger partial charge is 0.322 e. The van der Waals surface area contributed by atoms with Crippen LogP contribution in [0.5, 0.6) is 0 Å². The van der Waals surface area contributed by atoms with Crippen molar-refractivity contribution >= 4 is 17.8 Å². The quantitative estimate of drug-likeness (QED) is 0.379. The van der Waals surface area contributed by atoms with Gasteiger partial charge in [-0.1, -0.05) is 0 Å². The molecule has 1 atom stereocenters. The highest BCUT2D eigenvalue weighted by molar-refractivity contribution is 5.88. The molecule has 0 radical (unpaired) electrons. The van der Waals surface area contributed by atoms with Crippen LogP contribution in [0.2, 0.25) is 0 Å². The van der Waals surface area contributed by atoms with Crippen LogP contribution in [-0.4, -0.2) is 42.0 Å². The Labute approximate surface area is 92.4 Å². The summed E-state index contributed by atoms with van der Waals surface area (Å²) < 4.78 is 0. The van der Waals surface area contributed by atoms with Crippen LogP contribution in [0.1, 0.15) is 6.42 Å². The lowest BCUT2D eigenvalue weighted by Crippen LogP contribution is -2.45. The van der Waals surface area contributed by atoms with E-state index in [1.807, 2.05) is 0 Å². The molecule has 0 aliphatic carbocycles. The van der Waals surface area contributed by atoms with Gasteiger partial charge in [-0.3, -0.25) is 14.4 Å². The fourth-order valence-corrected chi connectivity index (χ4v) is 0.755. The molecular weight excluding hydrogens is 214 g/mol. The Morgan fingerprint density at radius 3 is 2.44 bits per heavy atom. The summed E-state index contributed by atoms with van der Waals surface area (Å²) in [6.45, 7) is -0.824. The SMILES string of the molecule is C#CCC(N)C(=O)NCC(=O)NCC(=O)O. The number of carbonyl (C=O) groups excluding carboxylic acids is 2. The Kier molecular flexibility index (Phi) is 6.31. The zero-order valence-electron chi connectivity index (χ0n) is 8.53. The van der Waals surface area contributed by atoms with E-state index in [0.29, 0.717) is 0 Å². The summed E-state index contributed by atoms with van der Waals surface area (Å²) in [5, 5.41) is 12.6. The third-order valence-corrected chi connectivity index (χ3v) is 1.53. The average Bonchev–Trinajstić information content (AvgIpc) is 2.23. The van der Waals surface area contributed by atoms with Crippen LogP contribution in [0.25, 0.3) is 0 Å². The number of nitrogens with two attached hydrogens (primary N) is 1. The second kappa shape index (κ2) is 7.25. The second-order valence-corrected chi connectivity index (χ2v) is 2.90. The van der Waals surface area contributed by atoms with E-state index >= 15 is 0 Å². The van der Waals surface area contributed by atoms with Crippen molar-refractivity contribution < 1.29 is 19.5 Å². The fourth-order valence-electron chi connectivity index (χ4n) is 0.755. The van der Waals surface area contributed by atoms with Gasteiger partial charge in [0.1, 0.15) is 6.54 Å². The molecule has 2 amide bonds. The standard InChI is InChI=1S/C9H13N3O4/c1-2-3-6(10)9(16)12-4-7(13)11-5-8(14)15/h1,6H,3-5,10H2,(H,11,13)(H,12,16)(H,14,15). The van der Waals surface area contributed by atoms with Gasteiger partial charge >= 0.3 is 5.97 Å². The molecular formula is C9H13N3O4. The summed E-state index contributed by atoms with van der Waals surface area (Å²) in [5.74, 6) is -0.111. The van der Waals surface area contributed by atoms with Crippen molar-refractivity contribution in [1.29, 1.82) is 0 Å². The van der Waals surface area contributed by atoms with Crippen LogP contribution in [0.15, 0.2) is 0 Å². The molecule has 0 rings (SSSR count). The highest BCUT2D eigenvalue weighted by atomic mass is 16.4. The van der Waals surface area contributed by atoms with Crippen molar-refractivity contribution in [3.8, 4) is 12.3 Å². The van der Waals surface area contributed by atoms with Gasteiger partial charge in [-0.15, -0.1) is 12.3 Å².